The second-order valence-corrected chi connectivity index (χ2v) is 6.54. The zero-order valence-electron chi connectivity index (χ0n) is 13.5. The number of phenolic OH excluding ortho intramolecular Hbond substituents is 1. The standard InChI is InChI=1S/C18H22N2O3/c1-11(2)18-19-15-8-5-13(9-16(22)23)17(15)20(18)10-12-3-6-14(21)7-4-12/h3-4,6-7,11,13,21H,5,8-10H2,1-2H3,(H,22,23). The van der Waals surface area contributed by atoms with Crippen LogP contribution in [0.15, 0.2) is 24.3 Å². The first-order valence-electron chi connectivity index (χ1n) is 8.04. The number of aryl methyl sites for hydroxylation is 1. The van der Waals surface area contributed by atoms with E-state index in [9.17, 15) is 9.90 Å². The molecular formula is C18H22N2O3. The molecule has 2 aromatic rings. The molecule has 0 saturated heterocycles. The zero-order chi connectivity index (χ0) is 16.6. The summed E-state index contributed by atoms with van der Waals surface area (Å²) in [6.07, 6.45) is 1.87. The lowest BCUT2D eigenvalue weighted by Crippen LogP contribution is -2.14. The van der Waals surface area contributed by atoms with Crippen LogP contribution in [-0.4, -0.2) is 25.7 Å². The van der Waals surface area contributed by atoms with Gasteiger partial charge in [-0.1, -0.05) is 26.0 Å². The number of nitrogens with zero attached hydrogens (tertiary/aromatic N) is 2. The Hall–Kier alpha value is -2.30. The molecule has 1 aliphatic carbocycles. The van der Waals surface area contributed by atoms with Crippen molar-refractivity contribution in [3.8, 4) is 5.75 Å². The Morgan fingerprint density at radius 2 is 2.04 bits per heavy atom. The van der Waals surface area contributed by atoms with E-state index >= 15 is 0 Å². The molecule has 122 valence electrons. The topological polar surface area (TPSA) is 75.3 Å². The largest absolute Gasteiger partial charge is 0.508 e. The summed E-state index contributed by atoms with van der Waals surface area (Å²) in [6.45, 7) is 4.88. The number of aromatic hydroxyl groups is 1. The number of rotatable bonds is 5. The van der Waals surface area contributed by atoms with E-state index in [2.05, 4.69) is 18.4 Å². The minimum Gasteiger partial charge on any atom is -0.508 e. The summed E-state index contributed by atoms with van der Waals surface area (Å²) >= 11 is 0. The Balaban J connectivity index is 2.00. The number of carbonyl (C=O) groups is 1. The highest BCUT2D eigenvalue weighted by atomic mass is 16.4. The van der Waals surface area contributed by atoms with Crippen LogP contribution in [0.25, 0.3) is 0 Å². The van der Waals surface area contributed by atoms with Crippen molar-refractivity contribution < 1.29 is 15.0 Å². The quantitative estimate of drug-likeness (QED) is 0.888. The number of hydrogen-bond donors (Lipinski definition) is 2. The first-order valence-corrected chi connectivity index (χ1v) is 8.04. The molecule has 1 atom stereocenters. The first-order chi connectivity index (χ1) is 11.0. The number of hydrogen-bond acceptors (Lipinski definition) is 3. The maximum atomic E-state index is 11.2. The normalized spacial score (nSPS) is 16.7. The fourth-order valence-electron chi connectivity index (χ4n) is 3.42. The summed E-state index contributed by atoms with van der Waals surface area (Å²) in [7, 11) is 0. The Kier molecular flexibility index (Phi) is 4.11. The highest BCUT2D eigenvalue weighted by Gasteiger charge is 2.32. The van der Waals surface area contributed by atoms with E-state index in [4.69, 9.17) is 10.1 Å². The van der Waals surface area contributed by atoms with Gasteiger partial charge in [-0.05, 0) is 30.5 Å². The van der Waals surface area contributed by atoms with Crippen molar-refractivity contribution in [1.82, 2.24) is 9.55 Å². The molecule has 0 amide bonds. The van der Waals surface area contributed by atoms with Gasteiger partial charge in [0.2, 0.25) is 0 Å². The van der Waals surface area contributed by atoms with Crippen LogP contribution in [0.3, 0.4) is 0 Å². The van der Waals surface area contributed by atoms with Crippen LogP contribution < -0.4 is 0 Å². The van der Waals surface area contributed by atoms with Gasteiger partial charge < -0.3 is 14.8 Å². The van der Waals surface area contributed by atoms with E-state index in [1.54, 1.807) is 12.1 Å². The minimum absolute atomic E-state index is 0.0413. The number of aliphatic carboxylic acids is 1. The van der Waals surface area contributed by atoms with E-state index in [0.29, 0.717) is 6.54 Å². The molecule has 23 heavy (non-hydrogen) atoms. The van der Waals surface area contributed by atoms with Crippen molar-refractivity contribution in [2.75, 3.05) is 0 Å². The number of carboxylic acid groups (broad SMARTS) is 1. The second kappa shape index (κ2) is 6.07. The van der Waals surface area contributed by atoms with Gasteiger partial charge in [-0.25, -0.2) is 4.98 Å². The molecular weight excluding hydrogens is 292 g/mol. The summed E-state index contributed by atoms with van der Waals surface area (Å²) in [5.74, 6) is 0.824. The van der Waals surface area contributed by atoms with Crippen LogP contribution in [0.1, 0.15) is 61.3 Å². The highest BCUT2D eigenvalue weighted by Crippen LogP contribution is 2.37. The Morgan fingerprint density at radius 3 is 2.65 bits per heavy atom. The van der Waals surface area contributed by atoms with Crippen LogP contribution >= 0.6 is 0 Å². The molecule has 1 heterocycles. The predicted molar refractivity (Wildman–Crippen MR) is 86.8 cm³/mol. The summed E-state index contributed by atoms with van der Waals surface area (Å²) in [6, 6.07) is 7.15. The van der Waals surface area contributed by atoms with E-state index in [1.807, 2.05) is 12.1 Å². The van der Waals surface area contributed by atoms with Crippen LogP contribution in [0.4, 0.5) is 0 Å². The van der Waals surface area contributed by atoms with Crippen LogP contribution in [0, 0.1) is 0 Å². The van der Waals surface area contributed by atoms with E-state index in [0.717, 1.165) is 35.6 Å². The molecule has 0 fully saturated rings. The Bertz CT molecular complexity index is 717. The molecule has 2 N–H and O–H groups in total. The number of carboxylic acids is 1. The van der Waals surface area contributed by atoms with Gasteiger partial charge in [0, 0.05) is 24.1 Å². The van der Waals surface area contributed by atoms with Crippen molar-refractivity contribution in [2.24, 2.45) is 0 Å². The summed E-state index contributed by atoms with van der Waals surface area (Å²) in [5.41, 5.74) is 3.22. The number of imidazole rings is 1. The third kappa shape index (κ3) is 3.09. The lowest BCUT2D eigenvalue weighted by molar-refractivity contribution is -0.137. The van der Waals surface area contributed by atoms with Crippen molar-refractivity contribution in [1.29, 1.82) is 0 Å². The van der Waals surface area contributed by atoms with E-state index in [-0.39, 0.29) is 24.0 Å². The first kappa shape index (κ1) is 15.6. The fraction of sp³-hybridized carbons (Fsp3) is 0.444. The number of phenols is 1. The molecule has 3 rings (SSSR count). The van der Waals surface area contributed by atoms with Crippen LogP contribution in [0.5, 0.6) is 5.75 Å². The molecule has 1 aliphatic rings. The van der Waals surface area contributed by atoms with Crippen molar-refractivity contribution in [2.45, 2.75) is 51.5 Å². The molecule has 0 aliphatic heterocycles. The average Bonchev–Trinajstić information content (AvgIpc) is 3.02. The fourth-order valence-corrected chi connectivity index (χ4v) is 3.42. The van der Waals surface area contributed by atoms with Gasteiger partial charge in [0.15, 0.2) is 0 Å². The van der Waals surface area contributed by atoms with Crippen LogP contribution in [-0.2, 0) is 17.8 Å². The molecule has 0 saturated carbocycles. The summed E-state index contributed by atoms with van der Waals surface area (Å²) < 4.78 is 2.19. The van der Waals surface area contributed by atoms with Gasteiger partial charge in [-0.15, -0.1) is 0 Å². The third-order valence-corrected chi connectivity index (χ3v) is 4.44. The number of benzene rings is 1. The molecule has 5 nitrogen and oxygen atoms in total. The lowest BCUT2D eigenvalue weighted by atomic mass is 10.0. The molecule has 1 aromatic heterocycles. The van der Waals surface area contributed by atoms with Crippen molar-refractivity contribution in [3.05, 3.63) is 47.0 Å². The van der Waals surface area contributed by atoms with Gasteiger partial charge in [0.1, 0.15) is 11.6 Å². The predicted octanol–water partition coefficient (Wildman–Crippen LogP) is 3.26. The number of fused-ring (bicyclic) bond motifs is 1. The van der Waals surface area contributed by atoms with Crippen molar-refractivity contribution >= 4 is 5.97 Å². The lowest BCUT2D eigenvalue weighted by Gasteiger charge is -2.17. The Morgan fingerprint density at radius 1 is 1.35 bits per heavy atom. The molecule has 0 spiro atoms. The summed E-state index contributed by atoms with van der Waals surface area (Å²) in [4.78, 5) is 15.9. The van der Waals surface area contributed by atoms with Gasteiger partial charge >= 0.3 is 5.97 Å². The van der Waals surface area contributed by atoms with Gasteiger partial charge in [0.25, 0.3) is 0 Å². The van der Waals surface area contributed by atoms with Gasteiger partial charge in [-0.2, -0.15) is 0 Å². The van der Waals surface area contributed by atoms with Crippen LogP contribution in [0.2, 0.25) is 0 Å². The minimum atomic E-state index is -0.758. The molecule has 5 heteroatoms. The maximum Gasteiger partial charge on any atom is 0.304 e. The molecule has 1 aromatic carbocycles. The molecule has 1 unspecified atom stereocenters. The summed E-state index contributed by atoms with van der Waals surface area (Å²) in [5, 5.41) is 18.6. The van der Waals surface area contributed by atoms with Crippen molar-refractivity contribution in [3.63, 3.8) is 0 Å². The van der Waals surface area contributed by atoms with Gasteiger partial charge in [-0.3, -0.25) is 4.79 Å². The zero-order valence-corrected chi connectivity index (χ0v) is 13.5. The molecule has 0 radical (unpaired) electrons. The SMILES string of the molecule is CC(C)c1nc2c(n1Cc1ccc(O)cc1)C(CC(=O)O)CC2. The highest BCUT2D eigenvalue weighted by molar-refractivity contribution is 5.68. The van der Waals surface area contributed by atoms with E-state index in [1.165, 1.54) is 0 Å². The average molecular weight is 314 g/mol. The monoisotopic (exact) mass is 314 g/mol. The van der Waals surface area contributed by atoms with E-state index < -0.39 is 5.97 Å². The third-order valence-electron chi connectivity index (χ3n) is 4.44. The molecule has 0 bridgehead atoms. The second-order valence-electron chi connectivity index (χ2n) is 6.54. The van der Waals surface area contributed by atoms with Gasteiger partial charge in [0.05, 0.1) is 12.1 Å². The number of aromatic nitrogens is 2. The smallest absolute Gasteiger partial charge is 0.304 e. The Labute approximate surface area is 135 Å². The maximum absolute atomic E-state index is 11.2.